The molecule has 1 saturated heterocycles. The number of nitrogens with two attached hydrogens (primary N) is 2. The van der Waals surface area contributed by atoms with Gasteiger partial charge in [-0.15, -0.1) is 0 Å². The van der Waals surface area contributed by atoms with E-state index in [1.54, 1.807) is 0 Å². The van der Waals surface area contributed by atoms with Crippen molar-refractivity contribution in [2.24, 2.45) is 17.4 Å². The average Bonchev–Trinajstić information content (AvgIpc) is 2.85. The number of amides is 1. The number of primary amides is 1. The predicted molar refractivity (Wildman–Crippen MR) is 59.1 cm³/mol. The van der Waals surface area contributed by atoms with Gasteiger partial charge >= 0.3 is 0 Å². The summed E-state index contributed by atoms with van der Waals surface area (Å²) in [5.74, 6) is 0.417. The highest BCUT2D eigenvalue weighted by atomic mass is 16.1. The third-order valence-electron chi connectivity index (χ3n) is 3.97. The van der Waals surface area contributed by atoms with Crippen LogP contribution < -0.4 is 11.5 Å². The molecule has 4 heteroatoms. The zero-order chi connectivity index (χ0) is 10.8. The van der Waals surface area contributed by atoms with Crippen molar-refractivity contribution < 1.29 is 4.79 Å². The van der Waals surface area contributed by atoms with Crippen molar-refractivity contribution in [3.05, 3.63) is 0 Å². The summed E-state index contributed by atoms with van der Waals surface area (Å²) in [5, 5.41) is 0. The second kappa shape index (κ2) is 4.49. The summed E-state index contributed by atoms with van der Waals surface area (Å²) >= 11 is 0. The second-order valence-corrected chi connectivity index (χ2v) is 4.79. The van der Waals surface area contributed by atoms with E-state index in [0.717, 1.165) is 25.9 Å². The highest BCUT2D eigenvalue weighted by Gasteiger charge is 2.39. The van der Waals surface area contributed by atoms with Gasteiger partial charge in [0.05, 0.1) is 6.04 Å². The molecule has 0 spiro atoms. The van der Waals surface area contributed by atoms with Gasteiger partial charge in [0, 0.05) is 6.04 Å². The topological polar surface area (TPSA) is 72.3 Å². The second-order valence-electron chi connectivity index (χ2n) is 4.79. The Morgan fingerprint density at radius 2 is 2.07 bits per heavy atom. The molecular weight excluding hydrogens is 190 g/mol. The summed E-state index contributed by atoms with van der Waals surface area (Å²) in [6.45, 7) is 1.77. The maximum absolute atomic E-state index is 11.3. The number of hydrogen-bond acceptors (Lipinski definition) is 3. The van der Waals surface area contributed by atoms with Crippen molar-refractivity contribution in [2.45, 2.75) is 44.2 Å². The lowest BCUT2D eigenvalue weighted by Crippen LogP contribution is -2.48. The smallest absolute Gasteiger partial charge is 0.234 e. The van der Waals surface area contributed by atoms with Crippen molar-refractivity contribution in [3.8, 4) is 0 Å². The van der Waals surface area contributed by atoms with Crippen molar-refractivity contribution in [2.75, 3.05) is 13.1 Å². The van der Waals surface area contributed by atoms with Gasteiger partial charge in [-0.2, -0.15) is 0 Å². The van der Waals surface area contributed by atoms with E-state index < -0.39 is 0 Å². The van der Waals surface area contributed by atoms with Crippen LogP contribution in [-0.2, 0) is 4.79 Å². The van der Waals surface area contributed by atoms with Crippen LogP contribution in [0.4, 0.5) is 0 Å². The lowest BCUT2D eigenvalue weighted by molar-refractivity contribution is -0.123. The first-order valence-electron chi connectivity index (χ1n) is 5.99. The standard InChI is InChI=1S/C11H21N3O/c12-7-8-3-1-4-9(8)14-6-2-5-10(14)11(13)15/h8-10H,1-7,12H2,(H2,13,15). The van der Waals surface area contributed by atoms with Crippen LogP contribution in [0.1, 0.15) is 32.1 Å². The molecule has 1 aliphatic heterocycles. The summed E-state index contributed by atoms with van der Waals surface area (Å²) < 4.78 is 0. The molecule has 86 valence electrons. The van der Waals surface area contributed by atoms with Crippen LogP contribution in [0.3, 0.4) is 0 Å². The van der Waals surface area contributed by atoms with Crippen LogP contribution in [0.5, 0.6) is 0 Å². The number of carbonyl (C=O) groups is 1. The van der Waals surface area contributed by atoms with E-state index in [9.17, 15) is 4.79 Å². The Kier molecular flexibility index (Phi) is 3.26. The van der Waals surface area contributed by atoms with Gasteiger partial charge in [-0.25, -0.2) is 0 Å². The molecule has 2 rings (SSSR count). The van der Waals surface area contributed by atoms with Gasteiger partial charge in [-0.1, -0.05) is 6.42 Å². The van der Waals surface area contributed by atoms with Crippen LogP contribution in [0.25, 0.3) is 0 Å². The van der Waals surface area contributed by atoms with E-state index >= 15 is 0 Å². The van der Waals surface area contributed by atoms with E-state index in [1.165, 1.54) is 19.3 Å². The van der Waals surface area contributed by atoms with Gasteiger partial charge < -0.3 is 11.5 Å². The summed E-state index contributed by atoms with van der Waals surface area (Å²) in [5.41, 5.74) is 11.2. The molecule has 2 fully saturated rings. The van der Waals surface area contributed by atoms with Crippen molar-refractivity contribution in [1.29, 1.82) is 0 Å². The van der Waals surface area contributed by atoms with Gasteiger partial charge in [-0.3, -0.25) is 9.69 Å². The lowest BCUT2D eigenvalue weighted by atomic mass is 10.0. The summed E-state index contributed by atoms with van der Waals surface area (Å²) in [6, 6.07) is 0.483. The van der Waals surface area contributed by atoms with Crippen molar-refractivity contribution in [3.63, 3.8) is 0 Å². The first kappa shape index (κ1) is 10.9. The highest BCUT2D eigenvalue weighted by molar-refractivity contribution is 5.80. The molecule has 0 bridgehead atoms. The summed E-state index contributed by atoms with van der Waals surface area (Å²) in [6.07, 6.45) is 5.67. The molecule has 0 aromatic carbocycles. The van der Waals surface area contributed by atoms with E-state index in [2.05, 4.69) is 4.90 Å². The highest BCUT2D eigenvalue weighted by Crippen LogP contribution is 2.33. The number of rotatable bonds is 3. The molecule has 4 nitrogen and oxygen atoms in total. The number of carbonyl (C=O) groups excluding carboxylic acids is 1. The van der Waals surface area contributed by atoms with E-state index in [0.29, 0.717) is 12.0 Å². The molecule has 2 aliphatic rings. The Morgan fingerprint density at radius 1 is 1.27 bits per heavy atom. The maximum Gasteiger partial charge on any atom is 0.234 e. The maximum atomic E-state index is 11.3. The first-order valence-corrected chi connectivity index (χ1v) is 5.99. The molecule has 1 aliphatic carbocycles. The van der Waals surface area contributed by atoms with Gasteiger partial charge in [0.25, 0.3) is 0 Å². The molecule has 1 heterocycles. The van der Waals surface area contributed by atoms with Crippen LogP contribution in [0.2, 0.25) is 0 Å². The zero-order valence-corrected chi connectivity index (χ0v) is 9.19. The average molecular weight is 211 g/mol. The molecule has 4 N–H and O–H groups in total. The third kappa shape index (κ3) is 2.01. The molecule has 15 heavy (non-hydrogen) atoms. The van der Waals surface area contributed by atoms with Crippen LogP contribution in [-0.4, -0.2) is 36.0 Å². The minimum atomic E-state index is -0.157. The number of likely N-dealkylation sites (tertiary alicyclic amines) is 1. The molecule has 0 radical (unpaired) electrons. The van der Waals surface area contributed by atoms with Crippen molar-refractivity contribution >= 4 is 5.91 Å². The summed E-state index contributed by atoms with van der Waals surface area (Å²) in [4.78, 5) is 13.6. The minimum absolute atomic E-state index is 0.0258. The first-order chi connectivity index (χ1) is 7.24. The van der Waals surface area contributed by atoms with Crippen LogP contribution in [0, 0.1) is 5.92 Å². The fourth-order valence-electron chi connectivity index (χ4n) is 3.22. The Bertz CT molecular complexity index is 244. The molecule has 0 aromatic heterocycles. The van der Waals surface area contributed by atoms with Crippen LogP contribution in [0.15, 0.2) is 0 Å². The lowest BCUT2D eigenvalue weighted by Gasteiger charge is -2.32. The van der Waals surface area contributed by atoms with Gasteiger partial charge in [0.15, 0.2) is 0 Å². The third-order valence-corrected chi connectivity index (χ3v) is 3.97. The van der Waals surface area contributed by atoms with E-state index in [4.69, 9.17) is 11.5 Å². The molecular formula is C11H21N3O. The Morgan fingerprint density at radius 3 is 2.73 bits per heavy atom. The van der Waals surface area contributed by atoms with Crippen LogP contribution >= 0.6 is 0 Å². The number of hydrogen-bond donors (Lipinski definition) is 2. The van der Waals surface area contributed by atoms with Gasteiger partial charge in [-0.05, 0) is 44.7 Å². The van der Waals surface area contributed by atoms with E-state index in [-0.39, 0.29) is 11.9 Å². The minimum Gasteiger partial charge on any atom is -0.368 e. The fraction of sp³-hybridized carbons (Fsp3) is 0.909. The molecule has 0 aromatic rings. The quantitative estimate of drug-likeness (QED) is 0.693. The van der Waals surface area contributed by atoms with Gasteiger partial charge in [0.1, 0.15) is 0 Å². The number of nitrogens with zero attached hydrogens (tertiary/aromatic N) is 1. The van der Waals surface area contributed by atoms with Gasteiger partial charge in [0.2, 0.25) is 5.91 Å². The largest absolute Gasteiger partial charge is 0.368 e. The molecule has 1 saturated carbocycles. The Hall–Kier alpha value is -0.610. The SMILES string of the molecule is NCC1CCCC1N1CCCC1C(N)=O. The Labute approximate surface area is 91.0 Å². The molecule has 1 amide bonds. The zero-order valence-electron chi connectivity index (χ0n) is 9.19. The molecule has 3 unspecified atom stereocenters. The monoisotopic (exact) mass is 211 g/mol. The predicted octanol–water partition coefficient (Wildman–Crippen LogP) is 0.0635. The van der Waals surface area contributed by atoms with E-state index in [1.807, 2.05) is 0 Å². The summed E-state index contributed by atoms with van der Waals surface area (Å²) in [7, 11) is 0. The normalized spacial score (nSPS) is 37.3. The fourth-order valence-corrected chi connectivity index (χ4v) is 3.22. The molecule has 3 atom stereocenters. The van der Waals surface area contributed by atoms with Crippen molar-refractivity contribution in [1.82, 2.24) is 4.90 Å². The Balaban J connectivity index is 2.05.